The first-order valence-electron chi connectivity index (χ1n) is 4.28. The maximum Gasteiger partial charge on any atom is 0.159 e. The van der Waals surface area contributed by atoms with Crippen LogP contribution in [0.2, 0.25) is 10.3 Å². The zero-order chi connectivity index (χ0) is 10.8. The third-order valence-electron chi connectivity index (χ3n) is 1.93. The molecule has 2 rings (SSSR count). The molecule has 0 aliphatic heterocycles. The minimum Gasteiger partial charge on any atom is -0.262 e. The van der Waals surface area contributed by atoms with Gasteiger partial charge in [0, 0.05) is 17.5 Å². The van der Waals surface area contributed by atoms with Crippen LogP contribution in [0, 0.1) is 6.92 Å². The molecule has 76 valence electrons. The summed E-state index contributed by atoms with van der Waals surface area (Å²) in [7, 11) is 0. The Morgan fingerprint density at radius 2 is 1.93 bits per heavy atom. The van der Waals surface area contributed by atoms with Crippen LogP contribution in [0.15, 0.2) is 24.4 Å². The molecule has 0 saturated carbocycles. The second kappa shape index (κ2) is 4.13. The van der Waals surface area contributed by atoms with E-state index < -0.39 is 0 Å². The van der Waals surface area contributed by atoms with Gasteiger partial charge in [-0.1, -0.05) is 23.2 Å². The molecule has 0 atom stereocenters. The highest BCUT2D eigenvalue weighted by atomic mass is 35.5. The Morgan fingerprint density at radius 3 is 2.67 bits per heavy atom. The van der Waals surface area contributed by atoms with Crippen molar-refractivity contribution in [2.45, 2.75) is 6.92 Å². The second-order valence-corrected chi connectivity index (χ2v) is 3.80. The van der Waals surface area contributed by atoms with Gasteiger partial charge in [0.05, 0.1) is 0 Å². The van der Waals surface area contributed by atoms with Crippen molar-refractivity contribution >= 4 is 23.2 Å². The highest BCUT2D eigenvalue weighted by Crippen LogP contribution is 2.27. The molecule has 0 fully saturated rings. The van der Waals surface area contributed by atoms with E-state index in [2.05, 4.69) is 15.2 Å². The highest BCUT2D eigenvalue weighted by Gasteiger charge is 2.06. The van der Waals surface area contributed by atoms with E-state index >= 15 is 0 Å². The van der Waals surface area contributed by atoms with Gasteiger partial charge in [0.15, 0.2) is 10.3 Å². The van der Waals surface area contributed by atoms with E-state index in [0.717, 1.165) is 16.8 Å². The molecule has 0 amide bonds. The van der Waals surface area contributed by atoms with Crippen LogP contribution in [0.1, 0.15) is 5.69 Å². The molecule has 2 aromatic rings. The Hall–Kier alpha value is -1.19. The smallest absolute Gasteiger partial charge is 0.159 e. The number of hydrogen-bond donors (Lipinski definition) is 0. The zero-order valence-corrected chi connectivity index (χ0v) is 9.42. The SMILES string of the molecule is Cc1cc(-c2cc(Cl)nnc2Cl)ccn1. The van der Waals surface area contributed by atoms with Gasteiger partial charge in [-0.15, -0.1) is 10.2 Å². The van der Waals surface area contributed by atoms with Gasteiger partial charge >= 0.3 is 0 Å². The first-order chi connectivity index (χ1) is 7.16. The van der Waals surface area contributed by atoms with Crippen molar-refractivity contribution < 1.29 is 0 Å². The maximum atomic E-state index is 5.93. The summed E-state index contributed by atoms with van der Waals surface area (Å²) < 4.78 is 0. The van der Waals surface area contributed by atoms with Gasteiger partial charge in [0.25, 0.3) is 0 Å². The molecule has 2 heterocycles. The summed E-state index contributed by atoms with van der Waals surface area (Å²) in [6.07, 6.45) is 1.72. The van der Waals surface area contributed by atoms with Gasteiger partial charge < -0.3 is 0 Å². The summed E-state index contributed by atoms with van der Waals surface area (Å²) in [5, 5.41) is 8.06. The number of halogens is 2. The van der Waals surface area contributed by atoms with E-state index in [1.54, 1.807) is 12.3 Å². The van der Waals surface area contributed by atoms with Crippen molar-refractivity contribution in [3.8, 4) is 11.1 Å². The van der Waals surface area contributed by atoms with E-state index in [-0.39, 0.29) is 0 Å². The van der Waals surface area contributed by atoms with E-state index in [4.69, 9.17) is 23.2 Å². The van der Waals surface area contributed by atoms with E-state index in [1.807, 2.05) is 19.1 Å². The van der Waals surface area contributed by atoms with Crippen LogP contribution in [0.5, 0.6) is 0 Å². The molecule has 3 nitrogen and oxygen atoms in total. The van der Waals surface area contributed by atoms with Crippen LogP contribution in [0.4, 0.5) is 0 Å². The minimum atomic E-state index is 0.323. The number of nitrogens with zero attached hydrogens (tertiary/aromatic N) is 3. The summed E-state index contributed by atoms with van der Waals surface area (Å²) in [4.78, 5) is 4.11. The maximum absolute atomic E-state index is 5.93. The average molecular weight is 240 g/mol. The van der Waals surface area contributed by atoms with Gasteiger partial charge in [-0.05, 0) is 30.7 Å². The first kappa shape index (κ1) is 10.3. The molecule has 0 radical (unpaired) electrons. The molecule has 0 aromatic carbocycles. The van der Waals surface area contributed by atoms with Crippen molar-refractivity contribution in [1.29, 1.82) is 0 Å². The number of hydrogen-bond acceptors (Lipinski definition) is 3. The largest absolute Gasteiger partial charge is 0.262 e. The van der Waals surface area contributed by atoms with E-state index in [9.17, 15) is 0 Å². The number of aryl methyl sites for hydroxylation is 1. The fourth-order valence-electron chi connectivity index (χ4n) is 1.27. The van der Waals surface area contributed by atoms with E-state index in [0.29, 0.717) is 10.3 Å². The van der Waals surface area contributed by atoms with Crippen LogP contribution in [0.3, 0.4) is 0 Å². The summed E-state index contributed by atoms with van der Waals surface area (Å²) >= 11 is 11.7. The Balaban J connectivity index is 2.58. The molecule has 0 saturated heterocycles. The monoisotopic (exact) mass is 239 g/mol. The minimum absolute atomic E-state index is 0.323. The lowest BCUT2D eigenvalue weighted by molar-refractivity contribution is 1.03. The highest BCUT2D eigenvalue weighted by molar-refractivity contribution is 6.33. The molecular formula is C10H7Cl2N3. The number of rotatable bonds is 1. The quantitative estimate of drug-likeness (QED) is 0.768. The standard InChI is InChI=1S/C10H7Cl2N3/c1-6-4-7(2-3-13-6)8-5-9(11)14-15-10(8)12/h2-5H,1H3. The molecule has 0 bridgehead atoms. The summed E-state index contributed by atoms with van der Waals surface area (Å²) in [5.74, 6) is 0. The van der Waals surface area contributed by atoms with Crippen LogP contribution in [0.25, 0.3) is 11.1 Å². The lowest BCUT2D eigenvalue weighted by Crippen LogP contribution is -1.89. The van der Waals surface area contributed by atoms with Crippen molar-refractivity contribution in [3.63, 3.8) is 0 Å². The van der Waals surface area contributed by atoms with E-state index in [1.165, 1.54) is 0 Å². The van der Waals surface area contributed by atoms with Gasteiger partial charge in [-0.2, -0.15) is 0 Å². The summed E-state index contributed by atoms with van der Waals surface area (Å²) in [5.41, 5.74) is 2.61. The van der Waals surface area contributed by atoms with Gasteiger partial charge in [-0.3, -0.25) is 4.98 Å². The zero-order valence-electron chi connectivity index (χ0n) is 7.91. The van der Waals surface area contributed by atoms with Crippen LogP contribution < -0.4 is 0 Å². The topological polar surface area (TPSA) is 38.7 Å². The molecule has 0 aliphatic rings. The van der Waals surface area contributed by atoms with Crippen LogP contribution in [-0.2, 0) is 0 Å². The Morgan fingerprint density at radius 1 is 1.13 bits per heavy atom. The molecule has 15 heavy (non-hydrogen) atoms. The molecule has 0 spiro atoms. The van der Waals surface area contributed by atoms with Crippen molar-refractivity contribution in [3.05, 3.63) is 40.4 Å². The number of pyridine rings is 1. The Kier molecular flexibility index (Phi) is 2.84. The van der Waals surface area contributed by atoms with Crippen molar-refractivity contribution in [2.75, 3.05) is 0 Å². The lowest BCUT2D eigenvalue weighted by Gasteiger charge is -2.03. The third-order valence-corrected chi connectivity index (χ3v) is 2.39. The van der Waals surface area contributed by atoms with Gasteiger partial charge in [-0.25, -0.2) is 0 Å². The molecular weight excluding hydrogens is 233 g/mol. The normalized spacial score (nSPS) is 10.3. The second-order valence-electron chi connectivity index (χ2n) is 3.06. The predicted molar refractivity (Wildman–Crippen MR) is 60.0 cm³/mol. The number of aromatic nitrogens is 3. The Bertz CT molecular complexity index is 500. The average Bonchev–Trinajstić information content (AvgIpc) is 2.22. The molecule has 0 aliphatic carbocycles. The Labute approximate surface area is 97.1 Å². The van der Waals surface area contributed by atoms with Crippen LogP contribution >= 0.6 is 23.2 Å². The molecule has 5 heteroatoms. The predicted octanol–water partition coefficient (Wildman–Crippen LogP) is 3.15. The third kappa shape index (κ3) is 2.25. The molecule has 2 aromatic heterocycles. The molecule has 0 N–H and O–H groups in total. The van der Waals surface area contributed by atoms with Crippen molar-refractivity contribution in [1.82, 2.24) is 15.2 Å². The van der Waals surface area contributed by atoms with Gasteiger partial charge in [0.1, 0.15) is 0 Å². The van der Waals surface area contributed by atoms with Crippen LogP contribution in [-0.4, -0.2) is 15.2 Å². The first-order valence-corrected chi connectivity index (χ1v) is 5.04. The fraction of sp³-hybridized carbons (Fsp3) is 0.100. The fourth-order valence-corrected chi connectivity index (χ4v) is 1.62. The molecule has 0 unspecified atom stereocenters. The summed E-state index contributed by atoms with van der Waals surface area (Å²) in [6, 6.07) is 5.46. The lowest BCUT2D eigenvalue weighted by atomic mass is 10.1. The summed E-state index contributed by atoms with van der Waals surface area (Å²) in [6.45, 7) is 1.91. The van der Waals surface area contributed by atoms with Crippen molar-refractivity contribution in [2.24, 2.45) is 0 Å². The van der Waals surface area contributed by atoms with Gasteiger partial charge in [0.2, 0.25) is 0 Å².